The van der Waals surface area contributed by atoms with Crippen molar-refractivity contribution in [3.63, 3.8) is 0 Å². The summed E-state index contributed by atoms with van der Waals surface area (Å²) in [5.74, 6) is -1.39. The Labute approximate surface area is 207 Å². The number of rotatable bonds is 7. The fourth-order valence-corrected chi connectivity index (χ4v) is 3.20. The third-order valence-electron chi connectivity index (χ3n) is 4.82. The molecule has 36 heavy (non-hydrogen) atoms. The molecule has 1 heterocycles. The maximum Gasteiger partial charge on any atom is 0.412 e. The Hall–Kier alpha value is -4.54. The van der Waals surface area contributed by atoms with Gasteiger partial charge in [-0.1, -0.05) is 6.07 Å². The molecule has 1 atom stereocenters. The Balaban J connectivity index is 1.77. The molecule has 2 aromatic carbocycles. The Kier molecular flexibility index (Phi) is 7.83. The summed E-state index contributed by atoms with van der Waals surface area (Å²) in [6, 6.07) is 12.6. The Morgan fingerprint density at radius 2 is 1.81 bits per heavy atom. The molecule has 188 valence electrons. The molecule has 0 saturated carbocycles. The summed E-state index contributed by atoms with van der Waals surface area (Å²) in [5.41, 5.74) is -0.170. The zero-order chi connectivity index (χ0) is 26.5. The first-order chi connectivity index (χ1) is 16.9. The van der Waals surface area contributed by atoms with E-state index in [9.17, 15) is 24.1 Å². The van der Waals surface area contributed by atoms with E-state index in [2.05, 4.69) is 20.9 Å². The summed E-state index contributed by atoms with van der Waals surface area (Å²) in [6.45, 7) is 6.81. The van der Waals surface area contributed by atoms with Gasteiger partial charge < -0.3 is 15.4 Å². The molecule has 3 aromatic rings. The quantitative estimate of drug-likeness (QED) is 0.274. The number of pyridine rings is 1. The number of amides is 2. The van der Waals surface area contributed by atoms with Gasteiger partial charge in [-0.2, -0.15) is 0 Å². The number of hydrogen-bond acceptors (Lipinski definition) is 7. The number of anilines is 3. The fraction of sp³-hybridized carbons (Fsp3) is 0.240. The number of nitro groups is 1. The smallest absolute Gasteiger partial charge is 0.412 e. The average molecular weight is 496 g/mol. The van der Waals surface area contributed by atoms with Gasteiger partial charge in [-0.15, -0.1) is 0 Å². The lowest BCUT2D eigenvalue weighted by molar-refractivity contribution is -0.384. The van der Waals surface area contributed by atoms with Crippen LogP contribution in [0.2, 0.25) is 0 Å². The molecule has 10 nitrogen and oxygen atoms in total. The highest BCUT2D eigenvalue weighted by Crippen LogP contribution is 2.29. The molecule has 3 N–H and O–H groups in total. The Morgan fingerprint density at radius 1 is 1.06 bits per heavy atom. The molecule has 11 heteroatoms. The van der Waals surface area contributed by atoms with E-state index in [1.54, 1.807) is 39.1 Å². The van der Waals surface area contributed by atoms with Crippen LogP contribution in [0.25, 0.3) is 0 Å². The van der Waals surface area contributed by atoms with Crippen molar-refractivity contribution >= 4 is 34.7 Å². The molecule has 1 unspecified atom stereocenters. The highest BCUT2D eigenvalue weighted by atomic mass is 19.1. The van der Waals surface area contributed by atoms with Crippen molar-refractivity contribution in [1.29, 1.82) is 0 Å². The lowest BCUT2D eigenvalue weighted by Gasteiger charge is -2.20. The molecule has 0 aliphatic rings. The van der Waals surface area contributed by atoms with Gasteiger partial charge >= 0.3 is 6.09 Å². The van der Waals surface area contributed by atoms with Crippen LogP contribution in [0.4, 0.5) is 31.9 Å². The van der Waals surface area contributed by atoms with Crippen LogP contribution in [0.15, 0.2) is 60.8 Å². The second-order valence-electron chi connectivity index (χ2n) is 8.89. The predicted octanol–water partition coefficient (Wildman–Crippen LogP) is 5.90. The number of hydrogen-bond donors (Lipinski definition) is 3. The van der Waals surface area contributed by atoms with Crippen LogP contribution in [0.5, 0.6) is 0 Å². The number of benzene rings is 2. The number of nitro benzene ring substituents is 1. The summed E-state index contributed by atoms with van der Waals surface area (Å²) in [4.78, 5) is 40.1. The molecule has 0 spiro atoms. The maximum absolute atomic E-state index is 14.2. The summed E-state index contributed by atoms with van der Waals surface area (Å²) in [7, 11) is 0. The van der Waals surface area contributed by atoms with Crippen LogP contribution in [-0.4, -0.2) is 27.5 Å². The minimum absolute atomic E-state index is 0.0173. The van der Waals surface area contributed by atoms with Crippen LogP contribution in [0.3, 0.4) is 0 Å². The van der Waals surface area contributed by atoms with Crippen molar-refractivity contribution in [3.8, 4) is 0 Å². The van der Waals surface area contributed by atoms with Gasteiger partial charge in [0.1, 0.15) is 17.1 Å². The molecule has 3 rings (SSSR count). The van der Waals surface area contributed by atoms with Crippen LogP contribution >= 0.6 is 0 Å². The number of ether oxygens (including phenoxy) is 1. The lowest BCUT2D eigenvalue weighted by atomic mass is 10.1. The number of nitrogens with one attached hydrogen (secondary N) is 3. The number of carbonyl (C=O) groups excluding carboxylic acids is 2. The monoisotopic (exact) mass is 495 g/mol. The fourth-order valence-electron chi connectivity index (χ4n) is 3.20. The van der Waals surface area contributed by atoms with Crippen molar-refractivity contribution in [2.45, 2.75) is 39.3 Å². The molecular weight excluding hydrogens is 469 g/mol. The summed E-state index contributed by atoms with van der Waals surface area (Å²) >= 11 is 0. The summed E-state index contributed by atoms with van der Waals surface area (Å²) in [5, 5.41) is 19.6. The topological polar surface area (TPSA) is 135 Å². The second kappa shape index (κ2) is 10.8. The van der Waals surface area contributed by atoms with E-state index in [4.69, 9.17) is 4.74 Å². The van der Waals surface area contributed by atoms with Crippen molar-refractivity contribution in [2.75, 3.05) is 16.0 Å². The standard InChI is InChI=1S/C25H26FN5O5/c1-15(19-7-5-6-12-27-19)28-20-11-8-16(13-22(20)31(34)35)23(32)29-17-9-10-18(26)21(14-17)30-24(33)36-25(2,3)4/h5-15,28H,1-4H3,(H,29,32)(H,30,33). The van der Waals surface area contributed by atoms with Crippen molar-refractivity contribution in [3.05, 3.63) is 88.0 Å². The third-order valence-corrected chi connectivity index (χ3v) is 4.82. The third kappa shape index (κ3) is 6.98. The van der Waals surface area contributed by atoms with E-state index in [1.165, 1.54) is 24.3 Å². The largest absolute Gasteiger partial charge is 0.444 e. The van der Waals surface area contributed by atoms with Gasteiger partial charge in [0.15, 0.2) is 0 Å². The zero-order valence-corrected chi connectivity index (χ0v) is 20.2. The van der Waals surface area contributed by atoms with Gasteiger partial charge in [-0.3, -0.25) is 25.2 Å². The molecule has 0 bridgehead atoms. The number of nitrogens with zero attached hydrogens (tertiary/aromatic N) is 2. The minimum Gasteiger partial charge on any atom is -0.444 e. The van der Waals surface area contributed by atoms with Gasteiger partial charge in [0.2, 0.25) is 0 Å². The molecular formula is C25H26FN5O5. The first-order valence-electron chi connectivity index (χ1n) is 11.0. The Bertz CT molecular complexity index is 1280. The van der Waals surface area contributed by atoms with Gasteiger partial charge in [0.05, 0.1) is 22.3 Å². The van der Waals surface area contributed by atoms with E-state index in [1.807, 2.05) is 13.0 Å². The Morgan fingerprint density at radius 3 is 2.44 bits per heavy atom. The van der Waals surface area contributed by atoms with E-state index < -0.39 is 28.3 Å². The van der Waals surface area contributed by atoms with Crippen LogP contribution in [-0.2, 0) is 4.74 Å². The van der Waals surface area contributed by atoms with Gasteiger partial charge in [0, 0.05) is 23.5 Å². The highest BCUT2D eigenvalue weighted by Gasteiger charge is 2.21. The molecule has 1 aromatic heterocycles. The van der Waals surface area contributed by atoms with E-state index in [-0.39, 0.29) is 34.4 Å². The lowest BCUT2D eigenvalue weighted by Crippen LogP contribution is -2.27. The molecule has 0 aliphatic carbocycles. The molecule has 0 saturated heterocycles. The number of aromatic nitrogens is 1. The average Bonchev–Trinajstić information content (AvgIpc) is 2.80. The van der Waals surface area contributed by atoms with Crippen LogP contribution in [0, 0.1) is 15.9 Å². The number of halogens is 1. The molecule has 0 aliphatic heterocycles. The van der Waals surface area contributed by atoms with E-state index in [0.717, 1.165) is 12.1 Å². The molecule has 2 amide bonds. The van der Waals surface area contributed by atoms with Crippen molar-refractivity contribution in [2.24, 2.45) is 0 Å². The SMILES string of the molecule is CC(Nc1ccc(C(=O)Nc2ccc(F)c(NC(=O)OC(C)(C)C)c2)cc1[N+](=O)[O-])c1ccccn1. The molecule has 0 radical (unpaired) electrons. The number of carbonyl (C=O) groups is 2. The van der Waals surface area contributed by atoms with Gasteiger partial charge in [-0.05, 0) is 70.2 Å². The van der Waals surface area contributed by atoms with Crippen molar-refractivity contribution < 1.29 is 23.6 Å². The minimum atomic E-state index is -0.858. The van der Waals surface area contributed by atoms with Gasteiger partial charge in [-0.25, -0.2) is 9.18 Å². The van der Waals surface area contributed by atoms with Crippen molar-refractivity contribution in [1.82, 2.24) is 4.98 Å². The molecule has 0 fully saturated rings. The van der Waals surface area contributed by atoms with Gasteiger partial charge in [0.25, 0.3) is 11.6 Å². The first kappa shape index (κ1) is 26.1. The zero-order valence-electron chi connectivity index (χ0n) is 20.2. The van der Waals surface area contributed by atoms with E-state index in [0.29, 0.717) is 5.69 Å². The summed E-state index contributed by atoms with van der Waals surface area (Å²) in [6.07, 6.45) is 0.766. The maximum atomic E-state index is 14.2. The van der Waals surface area contributed by atoms with Crippen LogP contribution in [0.1, 0.15) is 49.8 Å². The van der Waals surface area contributed by atoms with Crippen LogP contribution < -0.4 is 16.0 Å². The predicted molar refractivity (Wildman–Crippen MR) is 134 cm³/mol. The first-order valence-corrected chi connectivity index (χ1v) is 11.0. The normalized spacial score (nSPS) is 11.8. The highest BCUT2D eigenvalue weighted by molar-refractivity contribution is 6.05. The second-order valence-corrected chi connectivity index (χ2v) is 8.89. The van der Waals surface area contributed by atoms with E-state index >= 15 is 0 Å². The summed E-state index contributed by atoms with van der Waals surface area (Å²) < 4.78 is 19.3.